The van der Waals surface area contributed by atoms with E-state index in [0.29, 0.717) is 11.4 Å². The lowest BCUT2D eigenvalue weighted by atomic mass is 9.60. The Morgan fingerprint density at radius 2 is 1.52 bits per heavy atom. The average Bonchev–Trinajstić information content (AvgIpc) is 3.14. The zero-order valence-corrected chi connectivity index (χ0v) is 18.1. The van der Waals surface area contributed by atoms with Crippen LogP contribution in [0.4, 0.5) is 5.82 Å². The predicted molar refractivity (Wildman–Crippen MR) is 138 cm³/mol. The summed E-state index contributed by atoms with van der Waals surface area (Å²) in [4.78, 5) is 25.6. The molecule has 1 amide bonds. The van der Waals surface area contributed by atoms with Crippen molar-refractivity contribution in [2.75, 3.05) is 5.32 Å². The number of hydrogen-bond donors (Lipinski definition) is 1. The summed E-state index contributed by atoms with van der Waals surface area (Å²) < 4.78 is 1.96. The van der Waals surface area contributed by atoms with Crippen molar-refractivity contribution in [3.05, 3.63) is 48.2 Å². The van der Waals surface area contributed by atoms with Gasteiger partial charge in [-0.1, -0.05) is 17.0 Å². The summed E-state index contributed by atoms with van der Waals surface area (Å²) in [6.45, 7) is 1.92. The third-order valence-electron chi connectivity index (χ3n) is 5.48. The molecule has 6 nitrogen and oxygen atoms in total. The fraction of sp³-hybridized carbons (Fsp3) is 0.0909. The number of aryl methyl sites for hydroxylation is 1. The Bertz CT molecular complexity index is 1420. The second kappa shape index (κ2) is 8.81. The lowest BCUT2D eigenvalue weighted by Gasteiger charge is -2.18. The van der Waals surface area contributed by atoms with Crippen molar-refractivity contribution in [2.24, 2.45) is 7.05 Å². The highest BCUT2D eigenvalue weighted by Crippen LogP contribution is 2.23. The van der Waals surface area contributed by atoms with Crippen LogP contribution >= 0.6 is 0 Å². The van der Waals surface area contributed by atoms with Gasteiger partial charge in [0.25, 0.3) is 0 Å². The van der Waals surface area contributed by atoms with E-state index in [2.05, 4.69) is 20.3 Å². The minimum atomic E-state index is -0.439. The summed E-state index contributed by atoms with van der Waals surface area (Å²) in [6, 6.07) is 3.68. The van der Waals surface area contributed by atoms with Crippen LogP contribution in [-0.4, -0.2) is 64.7 Å². The second-order valence-electron chi connectivity index (χ2n) is 7.54. The van der Waals surface area contributed by atoms with Crippen molar-refractivity contribution < 1.29 is 4.79 Å². The first-order valence-corrected chi connectivity index (χ1v) is 9.92. The van der Waals surface area contributed by atoms with E-state index in [0.717, 1.165) is 28.0 Å². The highest BCUT2D eigenvalue weighted by atomic mass is 16.1. The van der Waals surface area contributed by atoms with Crippen LogP contribution in [0.25, 0.3) is 28.2 Å². The summed E-state index contributed by atoms with van der Waals surface area (Å²) in [7, 11) is 31.4. The fourth-order valence-electron chi connectivity index (χ4n) is 3.36. The molecule has 3 heterocycles. The van der Waals surface area contributed by atoms with Gasteiger partial charge in [0.05, 0.1) is 17.6 Å². The molecule has 4 aromatic rings. The van der Waals surface area contributed by atoms with Gasteiger partial charge in [0.1, 0.15) is 50.9 Å². The molecule has 0 bridgehead atoms. The maximum absolute atomic E-state index is 12.5. The molecule has 0 unspecified atom stereocenters. The van der Waals surface area contributed by atoms with Gasteiger partial charge >= 0.3 is 0 Å². The van der Waals surface area contributed by atoms with E-state index in [-0.39, 0.29) is 27.3 Å². The number of aromatic nitrogens is 4. The number of rotatable bonds is 4. The van der Waals surface area contributed by atoms with E-state index in [1.54, 1.807) is 24.7 Å². The van der Waals surface area contributed by atoms with Gasteiger partial charge in [0.15, 0.2) is 0 Å². The standard InChI is InChI=1S/C22H14B5N5O/c1-10-28-9-15(32(10)2)14-5-11-6-16(30-8-12(11)7-29-14)31-17(33)4-3-13-18(23)20(25)22(27)21(26)19(13)24/h3-9H,1-2H3,(H,30,31,33)/b4-3+. The molecule has 1 aromatic carbocycles. The van der Waals surface area contributed by atoms with Crippen molar-refractivity contribution in [1.29, 1.82) is 0 Å². The molecule has 0 atom stereocenters. The van der Waals surface area contributed by atoms with Crippen LogP contribution in [0.2, 0.25) is 0 Å². The minimum Gasteiger partial charge on any atom is -0.330 e. The van der Waals surface area contributed by atoms with Gasteiger partial charge < -0.3 is 9.88 Å². The fourth-order valence-corrected chi connectivity index (χ4v) is 3.36. The van der Waals surface area contributed by atoms with Crippen LogP contribution in [-0.2, 0) is 11.8 Å². The second-order valence-corrected chi connectivity index (χ2v) is 7.54. The molecule has 0 aliphatic heterocycles. The topological polar surface area (TPSA) is 72.7 Å². The van der Waals surface area contributed by atoms with Crippen molar-refractivity contribution in [2.45, 2.75) is 6.92 Å². The first-order valence-electron chi connectivity index (χ1n) is 9.92. The predicted octanol–water partition coefficient (Wildman–Crippen LogP) is -2.04. The van der Waals surface area contributed by atoms with Crippen LogP contribution in [0.5, 0.6) is 0 Å². The highest BCUT2D eigenvalue weighted by molar-refractivity contribution is 6.67. The monoisotopic (exact) mass is 419 g/mol. The number of amides is 1. The molecule has 33 heavy (non-hydrogen) atoms. The summed E-state index contributed by atoms with van der Waals surface area (Å²) in [5.74, 6) is 0.811. The lowest BCUT2D eigenvalue weighted by Crippen LogP contribution is -2.55. The SMILES string of the molecule is [B]c1c([B])c([B])c(/C=C/C(=O)Nc2cc3cc(-c4cnc(C)n4C)ncc3cn2)c([B])c1[B]. The van der Waals surface area contributed by atoms with Gasteiger partial charge in [-0.05, 0) is 30.0 Å². The molecule has 0 fully saturated rings. The molecule has 3 aromatic heterocycles. The number of nitrogens with one attached hydrogen (secondary N) is 1. The Morgan fingerprint density at radius 3 is 2.15 bits per heavy atom. The lowest BCUT2D eigenvalue weighted by molar-refractivity contribution is -0.111. The molecule has 0 aliphatic rings. The smallest absolute Gasteiger partial charge is 0.249 e. The third kappa shape index (κ3) is 4.27. The highest BCUT2D eigenvalue weighted by Gasteiger charge is 2.10. The average molecular weight is 418 g/mol. The number of carbonyl (C=O) groups is 1. The van der Waals surface area contributed by atoms with Gasteiger partial charge in [-0.15, -0.1) is 16.4 Å². The van der Waals surface area contributed by atoms with E-state index in [4.69, 9.17) is 39.2 Å². The quantitative estimate of drug-likeness (QED) is 0.306. The number of nitrogens with zero attached hydrogens (tertiary/aromatic N) is 4. The first-order chi connectivity index (χ1) is 15.7. The number of imidazole rings is 1. The zero-order valence-electron chi connectivity index (χ0n) is 18.1. The summed E-state index contributed by atoms with van der Waals surface area (Å²) in [5.41, 5.74) is 2.62. The van der Waals surface area contributed by atoms with E-state index >= 15 is 0 Å². The first kappa shape index (κ1) is 22.7. The van der Waals surface area contributed by atoms with Crippen LogP contribution in [0.15, 0.2) is 36.8 Å². The molecule has 10 radical (unpaired) electrons. The Hall–Kier alpha value is -3.48. The minimum absolute atomic E-state index is 0.113. The molecule has 148 valence electrons. The largest absolute Gasteiger partial charge is 0.330 e. The van der Waals surface area contributed by atoms with Crippen LogP contribution in [0, 0.1) is 6.92 Å². The van der Waals surface area contributed by atoms with Crippen LogP contribution in [0.3, 0.4) is 0 Å². The van der Waals surface area contributed by atoms with Crippen molar-refractivity contribution in [1.82, 2.24) is 19.5 Å². The van der Waals surface area contributed by atoms with Crippen molar-refractivity contribution in [3.8, 4) is 11.4 Å². The molecule has 4 rings (SSSR count). The summed E-state index contributed by atoms with van der Waals surface area (Å²) >= 11 is 0. The molecular formula is C22H14B5N5O. The van der Waals surface area contributed by atoms with Crippen molar-refractivity contribution >= 4 is 95.1 Å². The maximum atomic E-state index is 12.5. The van der Waals surface area contributed by atoms with Gasteiger partial charge in [-0.3, -0.25) is 9.78 Å². The van der Waals surface area contributed by atoms with Crippen LogP contribution in [0.1, 0.15) is 11.4 Å². The maximum Gasteiger partial charge on any atom is 0.249 e. The number of carbonyl (C=O) groups excluding carboxylic acids is 1. The van der Waals surface area contributed by atoms with E-state index in [1.807, 2.05) is 24.6 Å². The number of benzene rings is 1. The summed E-state index contributed by atoms with van der Waals surface area (Å²) in [6.07, 6.45) is 7.83. The molecule has 0 saturated heterocycles. The number of pyridine rings is 2. The zero-order chi connectivity index (χ0) is 23.9. The van der Waals surface area contributed by atoms with Gasteiger partial charge in [0, 0.05) is 30.9 Å². The molecule has 0 aliphatic carbocycles. The molecule has 11 heteroatoms. The van der Waals surface area contributed by atoms with E-state index < -0.39 is 5.91 Å². The van der Waals surface area contributed by atoms with E-state index in [1.165, 1.54) is 12.2 Å². The summed E-state index contributed by atoms with van der Waals surface area (Å²) in [5, 5.41) is 4.41. The molecular weight excluding hydrogens is 404 g/mol. The Kier molecular flexibility index (Phi) is 6.06. The Balaban J connectivity index is 1.59. The Morgan fingerprint density at radius 1 is 0.879 bits per heavy atom. The van der Waals surface area contributed by atoms with E-state index in [9.17, 15) is 4.79 Å². The van der Waals surface area contributed by atoms with Crippen molar-refractivity contribution in [3.63, 3.8) is 0 Å². The Labute approximate surface area is 198 Å². The number of anilines is 1. The third-order valence-corrected chi connectivity index (χ3v) is 5.48. The van der Waals surface area contributed by atoms with Crippen LogP contribution < -0.4 is 32.6 Å². The van der Waals surface area contributed by atoms with Gasteiger partial charge in [-0.2, -0.15) is 0 Å². The number of fused-ring (bicyclic) bond motifs is 1. The van der Waals surface area contributed by atoms with Gasteiger partial charge in [-0.25, -0.2) is 9.97 Å². The molecule has 0 spiro atoms. The normalized spacial score (nSPS) is 11.3. The van der Waals surface area contributed by atoms with Gasteiger partial charge in [0.2, 0.25) is 5.91 Å². The molecule has 0 saturated carbocycles. The molecule has 1 N–H and O–H groups in total. The number of hydrogen-bond acceptors (Lipinski definition) is 4.